The molecular formula is C26H42N4O5. The van der Waals surface area contributed by atoms with Gasteiger partial charge in [-0.25, -0.2) is 5.43 Å². The van der Waals surface area contributed by atoms with Crippen molar-refractivity contribution in [1.82, 2.24) is 16.1 Å². The van der Waals surface area contributed by atoms with Gasteiger partial charge in [0.1, 0.15) is 6.61 Å². The van der Waals surface area contributed by atoms with Crippen LogP contribution in [0.25, 0.3) is 0 Å². The molecule has 0 unspecified atom stereocenters. The predicted octanol–water partition coefficient (Wildman–Crippen LogP) is 2.75. The van der Waals surface area contributed by atoms with Crippen molar-refractivity contribution < 1.29 is 23.9 Å². The smallest absolute Gasteiger partial charge is 0.308 e. The average molecular weight is 491 g/mol. The van der Waals surface area contributed by atoms with Crippen molar-refractivity contribution in [2.45, 2.75) is 86.0 Å². The van der Waals surface area contributed by atoms with Gasteiger partial charge in [-0.15, -0.1) is 0 Å². The summed E-state index contributed by atoms with van der Waals surface area (Å²) in [5.74, 6) is -2.15. The average Bonchev–Trinajstić information content (AvgIpc) is 2.81. The minimum absolute atomic E-state index is 0.183. The number of ketones is 2. The Hall–Kier alpha value is -2.78. The second kappa shape index (κ2) is 15.3. The number of Topliss-reactive ketones (excluding diaryl/α,β-unsaturated/α-hetero) is 2. The number of amides is 1. The number of hydrazine groups is 1. The predicted molar refractivity (Wildman–Crippen MR) is 136 cm³/mol. The molecule has 0 bridgehead atoms. The second-order valence-electron chi connectivity index (χ2n) is 9.68. The third-order valence-electron chi connectivity index (χ3n) is 5.27. The van der Waals surface area contributed by atoms with Crippen LogP contribution in [0.1, 0.15) is 66.9 Å². The highest BCUT2D eigenvalue weighted by Gasteiger charge is 2.32. The van der Waals surface area contributed by atoms with E-state index in [9.17, 15) is 19.2 Å². The minimum atomic E-state index is -0.870. The summed E-state index contributed by atoms with van der Waals surface area (Å²) in [7, 11) is 0. The zero-order valence-corrected chi connectivity index (χ0v) is 22.1. The number of rotatable bonds is 16. The van der Waals surface area contributed by atoms with Crippen molar-refractivity contribution in [2.24, 2.45) is 11.8 Å². The Morgan fingerprint density at radius 2 is 1.51 bits per heavy atom. The molecule has 0 aliphatic carbocycles. The highest BCUT2D eigenvalue weighted by atomic mass is 16.5. The van der Waals surface area contributed by atoms with Crippen molar-refractivity contribution in [1.29, 1.82) is 0 Å². The van der Waals surface area contributed by atoms with Crippen LogP contribution < -0.4 is 21.5 Å². The molecule has 1 aromatic carbocycles. The number of anilines is 1. The van der Waals surface area contributed by atoms with Gasteiger partial charge in [-0.3, -0.25) is 19.2 Å². The van der Waals surface area contributed by atoms with Crippen molar-refractivity contribution in [2.75, 3.05) is 12.0 Å². The monoisotopic (exact) mass is 490 g/mol. The van der Waals surface area contributed by atoms with E-state index in [1.165, 1.54) is 0 Å². The summed E-state index contributed by atoms with van der Waals surface area (Å²) in [5, 5.41) is 5.97. The van der Waals surface area contributed by atoms with E-state index in [2.05, 4.69) is 21.5 Å². The van der Waals surface area contributed by atoms with Gasteiger partial charge in [0, 0.05) is 18.2 Å². The zero-order valence-electron chi connectivity index (χ0n) is 22.1. The maximum atomic E-state index is 12.8. The lowest BCUT2D eigenvalue weighted by Crippen LogP contribution is -2.52. The van der Waals surface area contributed by atoms with Crippen LogP contribution in [0.2, 0.25) is 0 Å². The van der Waals surface area contributed by atoms with Gasteiger partial charge in [-0.2, -0.15) is 0 Å². The van der Waals surface area contributed by atoms with Gasteiger partial charge < -0.3 is 20.8 Å². The topological polar surface area (TPSA) is 126 Å². The standard InChI is InChI=1S/C26H42N4O5/c1-16(2)23(28-22(31)9-8-14-27-18(5)6)25(33)24(32)19(7)29-30-21-12-10-20(11-13-21)15-35-26(34)17(3)4/h10-13,16-19,23,27,29-30H,8-9,14-15H2,1-7H3,(H,28,31)/t19-,23-/m0/s1. The summed E-state index contributed by atoms with van der Waals surface area (Å²) in [6.07, 6.45) is 0.935. The van der Waals surface area contributed by atoms with Gasteiger partial charge >= 0.3 is 5.97 Å². The third kappa shape index (κ3) is 11.5. The Kier molecular flexibility index (Phi) is 13.2. The Bertz CT molecular complexity index is 837. The van der Waals surface area contributed by atoms with Crippen LogP contribution in [0.3, 0.4) is 0 Å². The van der Waals surface area contributed by atoms with Gasteiger partial charge in [0.15, 0.2) is 0 Å². The van der Waals surface area contributed by atoms with Gasteiger partial charge in [0.2, 0.25) is 17.5 Å². The van der Waals surface area contributed by atoms with Crippen molar-refractivity contribution in [3.63, 3.8) is 0 Å². The highest BCUT2D eigenvalue weighted by molar-refractivity contribution is 6.41. The van der Waals surface area contributed by atoms with Gasteiger partial charge in [-0.05, 0) is 43.5 Å². The first kappa shape index (κ1) is 30.3. The molecule has 196 valence electrons. The molecule has 0 heterocycles. The largest absolute Gasteiger partial charge is 0.461 e. The number of benzene rings is 1. The third-order valence-corrected chi connectivity index (χ3v) is 5.27. The van der Waals surface area contributed by atoms with E-state index in [1.54, 1.807) is 58.9 Å². The first-order chi connectivity index (χ1) is 16.4. The van der Waals surface area contributed by atoms with Crippen LogP contribution in [0.4, 0.5) is 5.69 Å². The maximum Gasteiger partial charge on any atom is 0.308 e. The fourth-order valence-electron chi connectivity index (χ4n) is 3.05. The summed E-state index contributed by atoms with van der Waals surface area (Å²) in [5.41, 5.74) is 7.27. The Labute approximate surface area is 209 Å². The first-order valence-electron chi connectivity index (χ1n) is 12.3. The van der Waals surface area contributed by atoms with Crippen molar-refractivity contribution in [3.8, 4) is 0 Å². The summed E-state index contributed by atoms with van der Waals surface area (Å²) in [6.45, 7) is 13.7. The molecule has 0 aliphatic heterocycles. The summed E-state index contributed by atoms with van der Waals surface area (Å²) in [4.78, 5) is 49.4. The zero-order chi connectivity index (χ0) is 26.5. The second-order valence-corrected chi connectivity index (χ2v) is 9.68. The Balaban J connectivity index is 2.56. The number of nitrogens with one attached hydrogen (secondary N) is 4. The van der Waals surface area contributed by atoms with E-state index >= 15 is 0 Å². The molecule has 0 saturated heterocycles. The fraction of sp³-hybridized carbons (Fsp3) is 0.615. The van der Waals surface area contributed by atoms with Crippen molar-refractivity contribution in [3.05, 3.63) is 29.8 Å². The summed E-state index contributed by atoms with van der Waals surface area (Å²) < 4.78 is 5.20. The summed E-state index contributed by atoms with van der Waals surface area (Å²) >= 11 is 0. The van der Waals surface area contributed by atoms with E-state index in [0.29, 0.717) is 24.7 Å². The molecule has 1 rings (SSSR count). The lowest BCUT2D eigenvalue weighted by atomic mass is 9.94. The lowest BCUT2D eigenvalue weighted by molar-refractivity contribution is -0.148. The minimum Gasteiger partial charge on any atom is -0.461 e. The number of hydrogen-bond acceptors (Lipinski definition) is 8. The molecule has 1 aromatic rings. The molecule has 9 heteroatoms. The quantitative estimate of drug-likeness (QED) is 0.121. The van der Waals surface area contributed by atoms with Crippen LogP contribution >= 0.6 is 0 Å². The van der Waals surface area contributed by atoms with Crippen LogP contribution in [0, 0.1) is 11.8 Å². The number of esters is 1. The van der Waals surface area contributed by atoms with Crippen molar-refractivity contribution >= 4 is 29.1 Å². The van der Waals surface area contributed by atoms with E-state index in [-0.39, 0.29) is 36.7 Å². The molecule has 35 heavy (non-hydrogen) atoms. The molecule has 2 atom stereocenters. The fourth-order valence-corrected chi connectivity index (χ4v) is 3.05. The number of carbonyl (C=O) groups is 4. The molecular weight excluding hydrogens is 448 g/mol. The highest BCUT2D eigenvalue weighted by Crippen LogP contribution is 2.11. The summed E-state index contributed by atoms with van der Waals surface area (Å²) in [6, 6.07) is 5.82. The normalized spacial score (nSPS) is 13.0. The molecule has 0 fully saturated rings. The maximum absolute atomic E-state index is 12.8. The number of hydrogen-bond donors (Lipinski definition) is 4. The van der Waals surface area contributed by atoms with Gasteiger partial charge in [0.05, 0.1) is 18.0 Å². The molecule has 0 radical (unpaired) electrons. The van der Waals surface area contributed by atoms with Gasteiger partial charge in [0.25, 0.3) is 0 Å². The molecule has 0 aliphatic rings. The van der Waals surface area contributed by atoms with E-state index in [1.807, 2.05) is 13.8 Å². The molecule has 0 spiro atoms. The number of carbonyl (C=O) groups excluding carboxylic acids is 4. The van der Waals surface area contributed by atoms with Crippen LogP contribution in [0.15, 0.2) is 24.3 Å². The lowest BCUT2D eigenvalue weighted by Gasteiger charge is -2.23. The molecule has 1 amide bonds. The number of ether oxygens (including phenoxy) is 1. The molecule has 0 saturated carbocycles. The first-order valence-corrected chi connectivity index (χ1v) is 12.3. The Morgan fingerprint density at radius 3 is 2.06 bits per heavy atom. The van der Waals surface area contributed by atoms with Gasteiger partial charge in [-0.1, -0.05) is 53.7 Å². The Morgan fingerprint density at radius 1 is 0.886 bits per heavy atom. The van der Waals surface area contributed by atoms with Crippen LogP contribution in [-0.2, 0) is 30.5 Å². The molecule has 9 nitrogen and oxygen atoms in total. The van der Waals surface area contributed by atoms with E-state index in [4.69, 9.17) is 4.74 Å². The van der Waals surface area contributed by atoms with E-state index < -0.39 is 23.7 Å². The SMILES string of the molecule is CC(C)NCCCC(=O)N[C@H](C(=O)C(=O)[C@H](C)NNc1ccc(COC(=O)C(C)C)cc1)C(C)C. The van der Waals surface area contributed by atoms with E-state index in [0.717, 1.165) is 5.56 Å². The molecule has 0 aromatic heterocycles. The van der Waals surface area contributed by atoms with Crippen LogP contribution in [-0.4, -0.2) is 48.1 Å². The molecule has 4 N–H and O–H groups in total. The van der Waals surface area contributed by atoms with Crippen LogP contribution in [0.5, 0.6) is 0 Å².